The highest BCUT2D eigenvalue weighted by molar-refractivity contribution is 7.17. The third-order valence-electron chi connectivity index (χ3n) is 7.27. The second kappa shape index (κ2) is 12.2. The molecule has 1 fully saturated rings. The Balaban J connectivity index is 1.50. The number of carbonyl (C=O) groups is 2. The van der Waals surface area contributed by atoms with Crippen molar-refractivity contribution >= 4 is 23.0 Å². The minimum atomic E-state index is -0.786. The van der Waals surface area contributed by atoms with Gasteiger partial charge in [0.1, 0.15) is 5.01 Å². The molecule has 3 heterocycles. The normalized spacial score (nSPS) is 17.9. The van der Waals surface area contributed by atoms with E-state index in [4.69, 9.17) is 14.2 Å². The Hall–Kier alpha value is -3.73. The Morgan fingerprint density at radius 2 is 1.80 bits per heavy atom. The third-order valence-corrected chi connectivity index (χ3v) is 8.48. The first-order valence-corrected chi connectivity index (χ1v) is 14.1. The van der Waals surface area contributed by atoms with Gasteiger partial charge in [-0.3, -0.25) is 14.5 Å². The van der Waals surface area contributed by atoms with Crippen LogP contribution in [0.3, 0.4) is 0 Å². The van der Waals surface area contributed by atoms with Crippen LogP contribution in [0, 0.1) is 6.92 Å². The van der Waals surface area contributed by atoms with Crippen LogP contribution in [-0.4, -0.2) is 85.2 Å². The number of morpholine rings is 1. The summed E-state index contributed by atoms with van der Waals surface area (Å²) in [6.45, 7) is 5.99. The van der Waals surface area contributed by atoms with E-state index in [2.05, 4.69) is 9.88 Å². The molecule has 5 rings (SSSR count). The Labute approximate surface area is 237 Å². The van der Waals surface area contributed by atoms with Gasteiger partial charge in [0.05, 0.1) is 49.6 Å². The third kappa shape index (κ3) is 5.47. The second-order valence-electron chi connectivity index (χ2n) is 9.71. The van der Waals surface area contributed by atoms with Crippen molar-refractivity contribution in [1.82, 2.24) is 14.8 Å². The predicted molar refractivity (Wildman–Crippen MR) is 152 cm³/mol. The maximum absolute atomic E-state index is 14.1. The van der Waals surface area contributed by atoms with E-state index in [1.54, 1.807) is 37.1 Å². The minimum absolute atomic E-state index is 0.0509. The molecule has 1 atom stereocenters. The number of aromatic nitrogens is 1. The molecule has 1 unspecified atom stereocenters. The molecule has 0 bridgehead atoms. The topological polar surface area (TPSA) is 101 Å². The minimum Gasteiger partial charge on any atom is -0.503 e. The number of aryl methyl sites for hydroxylation is 1. The lowest BCUT2D eigenvalue weighted by atomic mass is 9.94. The van der Waals surface area contributed by atoms with Crippen molar-refractivity contribution in [3.8, 4) is 22.1 Å². The molecule has 9 nitrogen and oxygen atoms in total. The summed E-state index contributed by atoms with van der Waals surface area (Å²) in [6.07, 6.45) is 0.683. The van der Waals surface area contributed by atoms with Crippen LogP contribution in [0.5, 0.6) is 11.5 Å². The Bertz CT molecular complexity index is 1410. The van der Waals surface area contributed by atoms with Gasteiger partial charge in [0.15, 0.2) is 17.3 Å². The van der Waals surface area contributed by atoms with Crippen LogP contribution < -0.4 is 9.47 Å². The molecule has 2 aliphatic rings. The van der Waals surface area contributed by atoms with Gasteiger partial charge in [-0.25, -0.2) is 4.98 Å². The van der Waals surface area contributed by atoms with Crippen molar-refractivity contribution in [2.45, 2.75) is 19.4 Å². The molecule has 2 aliphatic heterocycles. The van der Waals surface area contributed by atoms with Crippen molar-refractivity contribution in [3.05, 3.63) is 76.0 Å². The zero-order valence-electron chi connectivity index (χ0n) is 22.9. The molecule has 1 saturated heterocycles. The highest BCUT2D eigenvalue weighted by Crippen LogP contribution is 2.43. The summed E-state index contributed by atoms with van der Waals surface area (Å²) in [5.41, 5.74) is 2.15. The second-order valence-corrected chi connectivity index (χ2v) is 10.7. The molecule has 40 heavy (non-hydrogen) atoms. The molecule has 1 N–H and O–H groups in total. The van der Waals surface area contributed by atoms with Crippen molar-refractivity contribution in [1.29, 1.82) is 0 Å². The number of amides is 1. The largest absolute Gasteiger partial charge is 0.503 e. The number of aliphatic hydroxyl groups is 1. The number of benzene rings is 2. The maximum Gasteiger partial charge on any atom is 0.290 e. The average Bonchev–Trinajstić information content (AvgIpc) is 3.50. The van der Waals surface area contributed by atoms with E-state index in [-0.39, 0.29) is 5.57 Å². The average molecular weight is 564 g/mol. The number of ether oxygens (including phenoxy) is 3. The summed E-state index contributed by atoms with van der Waals surface area (Å²) < 4.78 is 16.4. The summed E-state index contributed by atoms with van der Waals surface area (Å²) in [6, 6.07) is 14.1. The standard InChI is InChI=1S/C30H33N3O6S/c1-19-28(40-29(31-19)20-8-5-4-6-9-20)26(34)24-25(21-10-11-22(37-2)23(18-21)38-3)33(30(36)27(24)35)13-7-12-32-14-16-39-17-15-32/h4-6,8-11,18,25,35H,7,12-17H2,1-3H3. The number of carbonyl (C=O) groups excluding carboxylic acids is 2. The van der Waals surface area contributed by atoms with E-state index in [1.165, 1.54) is 18.4 Å². The number of ketones is 1. The quantitative estimate of drug-likeness (QED) is 0.362. The van der Waals surface area contributed by atoms with E-state index in [0.29, 0.717) is 58.8 Å². The van der Waals surface area contributed by atoms with E-state index >= 15 is 0 Å². The summed E-state index contributed by atoms with van der Waals surface area (Å²) in [7, 11) is 3.08. The van der Waals surface area contributed by atoms with E-state index in [9.17, 15) is 14.7 Å². The number of hydrogen-bond acceptors (Lipinski definition) is 9. The van der Waals surface area contributed by atoms with Crippen molar-refractivity contribution < 1.29 is 28.9 Å². The Kier molecular flexibility index (Phi) is 8.49. The first kappa shape index (κ1) is 27.8. The van der Waals surface area contributed by atoms with Gasteiger partial charge in [0, 0.05) is 31.7 Å². The lowest BCUT2D eigenvalue weighted by Gasteiger charge is -2.30. The van der Waals surface area contributed by atoms with E-state index in [0.717, 1.165) is 25.2 Å². The first-order valence-electron chi connectivity index (χ1n) is 13.3. The van der Waals surface area contributed by atoms with Gasteiger partial charge < -0.3 is 24.2 Å². The molecular weight excluding hydrogens is 530 g/mol. The Morgan fingerprint density at radius 3 is 2.50 bits per heavy atom. The SMILES string of the molecule is COc1ccc(C2C(C(=O)c3sc(-c4ccccc4)nc3C)=C(O)C(=O)N2CCCN2CCOCC2)cc1OC. The highest BCUT2D eigenvalue weighted by Gasteiger charge is 2.44. The van der Waals surface area contributed by atoms with Gasteiger partial charge >= 0.3 is 0 Å². The van der Waals surface area contributed by atoms with Gasteiger partial charge in [0.2, 0.25) is 5.78 Å². The lowest BCUT2D eigenvalue weighted by Crippen LogP contribution is -2.39. The number of aliphatic hydroxyl groups excluding tert-OH is 1. The van der Waals surface area contributed by atoms with Gasteiger partial charge in [-0.2, -0.15) is 0 Å². The van der Waals surface area contributed by atoms with Gasteiger partial charge in [-0.05, 0) is 31.0 Å². The number of hydrogen-bond donors (Lipinski definition) is 1. The van der Waals surface area contributed by atoms with Crippen LogP contribution in [0.25, 0.3) is 10.6 Å². The molecule has 0 spiro atoms. The molecule has 10 heteroatoms. The van der Waals surface area contributed by atoms with Crippen LogP contribution in [0.1, 0.15) is 33.4 Å². The summed E-state index contributed by atoms with van der Waals surface area (Å²) in [4.78, 5) is 36.5. The van der Waals surface area contributed by atoms with E-state index in [1.807, 2.05) is 30.3 Å². The summed E-state index contributed by atoms with van der Waals surface area (Å²) in [5.74, 6) is -0.486. The number of nitrogens with zero attached hydrogens (tertiary/aromatic N) is 3. The summed E-state index contributed by atoms with van der Waals surface area (Å²) in [5, 5.41) is 11.9. The number of methoxy groups -OCH3 is 2. The van der Waals surface area contributed by atoms with Crippen molar-refractivity contribution in [2.75, 3.05) is 53.6 Å². The molecule has 1 aromatic heterocycles. The fourth-order valence-electron chi connectivity index (χ4n) is 5.21. The van der Waals surface area contributed by atoms with Crippen LogP contribution in [0.4, 0.5) is 0 Å². The molecule has 0 aliphatic carbocycles. The number of thiazole rings is 1. The van der Waals surface area contributed by atoms with Crippen LogP contribution in [0.15, 0.2) is 59.9 Å². The zero-order chi connectivity index (χ0) is 28.2. The molecule has 0 saturated carbocycles. The van der Waals surface area contributed by atoms with Crippen LogP contribution in [0.2, 0.25) is 0 Å². The zero-order valence-corrected chi connectivity index (χ0v) is 23.7. The molecule has 3 aromatic rings. The fourth-order valence-corrected chi connectivity index (χ4v) is 6.23. The maximum atomic E-state index is 14.1. The number of Topliss-reactive ketones (excluding diaryl/α,β-unsaturated/α-hetero) is 1. The smallest absolute Gasteiger partial charge is 0.290 e. The molecule has 0 radical (unpaired) electrons. The molecule has 1 amide bonds. The Morgan fingerprint density at radius 1 is 1.07 bits per heavy atom. The van der Waals surface area contributed by atoms with Gasteiger partial charge in [-0.1, -0.05) is 36.4 Å². The monoisotopic (exact) mass is 563 g/mol. The highest BCUT2D eigenvalue weighted by atomic mass is 32.1. The van der Waals surface area contributed by atoms with Crippen LogP contribution in [-0.2, 0) is 9.53 Å². The van der Waals surface area contributed by atoms with Crippen molar-refractivity contribution in [3.63, 3.8) is 0 Å². The van der Waals surface area contributed by atoms with Gasteiger partial charge in [0.25, 0.3) is 5.91 Å². The first-order chi connectivity index (χ1) is 19.4. The van der Waals surface area contributed by atoms with Crippen molar-refractivity contribution in [2.24, 2.45) is 0 Å². The molecular formula is C30H33N3O6S. The van der Waals surface area contributed by atoms with Gasteiger partial charge in [-0.15, -0.1) is 11.3 Å². The molecule has 2 aromatic carbocycles. The predicted octanol–water partition coefficient (Wildman–Crippen LogP) is 4.44. The summed E-state index contributed by atoms with van der Waals surface area (Å²) >= 11 is 1.26. The van der Waals surface area contributed by atoms with E-state index < -0.39 is 23.5 Å². The fraction of sp³-hybridized carbons (Fsp3) is 0.367. The van der Waals surface area contributed by atoms with Crippen LogP contribution >= 0.6 is 11.3 Å². The molecule has 210 valence electrons. The lowest BCUT2D eigenvalue weighted by molar-refractivity contribution is -0.129. The number of rotatable bonds is 10.